The van der Waals surface area contributed by atoms with E-state index in [1.165, 1.54) is 0 Å². The molecule has 4 heteroatoms. The van der Waals surface area contributed by atoms with Gasteiger partial charge in [-0.1, -0.05) is 23.2 Å². The minimum absolute atomic E-state index is 0.369. The van der Waals surface area contributed by atoms with Gasteiger partial charge in [0.05, 0.1) is 10.6 Å². The van der Waals surface area contributed by atoms with Crippen LogP contribution in [-0.4, -0.2) is 5.97 Å². The third kappa shape index (κ3) is 1.99. The van der Waals surface area contributed by atoms with Gasteiger partial charge >= 0.3 is 5.97 Å². The van der Waals surface area contributed by atoms with E-state index in [4.69, 9.17) is 11.6 Å². The molecule has 0 amide bonds. The first-order valence-corrected chi connectivity index (χ1v) is 4.27. The molecule has 0 bridgehead atoms. The predicted molar refractivity (Wildman–Crippen MR) is 50.5 cm³/mol. The molecule has 0 spiro atoms. The molecule has 0 saturated heterocycles. The molecule has 0 aliphatic rings. The highest BCUT2D eigenvalue weighted by Gasteiger charge is 2.10. The molecule has 0 aromatic heterocycles. The fourth-order valence-electron chi connectivity index (χ4n) is 0.837. The van der Waals surface area contributed by atoms with E-state index in [1.807, 2.05) is 13.0 Å². The molecule has 1 aromatic carbocycles. The minimum atomic E-state index is -0.483. The van der Waals surface area contributed by atoms with Crippen LogP contribution in [0.1, 0.15) is 15.9 Å². The van der Waals surface area contributed by atoms with Gasteiger partial charge < -0.3 is 3.83 Å². The third-order valence-corrected chi connectivity index (χ3v) is 2.04. The summed E-state index contributed by atoms with van der Waals surface area (Å²) in [4.78, 5) is 11.0. The molecule has 1 aromatic rings. The van der Waals surface area contributed by atoms with E-state index >= 15 is 0 Å². The van der Waals surface area contributed by atoms with Crippen molar-refractivity contribution in [2.75, 3.05) is 0 Å². The normalized spacial score (nSPS) is 9.58. The number of hydrogen-bond acceptors (Lipinski definition) is 2. The van der Waals surface area contributed by atoms with Gasteiger partial charge in [-0.3, -0.25) is 0 Å². The van der Waals surface area contributed by atoms with E-state index in [1.54, 1.807) is 12.1 Å². The molecular formula is C8H6BrClO2. The fraction of sp³-hybridized carbons (Fsp3) is 0.125. The molecular weight excluding hydrogens is 243 g/mol. The Balaban J connectivity index is 3.13. The Labute approximate surface area is 83.9 Å². The van der Waals surface area contributed by atoms with E-state index in [2.05, 4.69) is 20.1 Å². The van der Waals surface area contributed by atoms with Gasteiger partial charge in [0.2, 0.25) is 0 Å². The largest absolute Gasteiger partial charge is 0.380 e. The third-order valence-electron chi connectivity index (χ3n) is 1.41. The van der Waals surface area contributed by atoms with Gasteiger partial charge in [0.25, 0.3) is 0 Å². The molecule has 0 radical (unpaired) electrons. The smallest absolute Gasteiger partial charge is 0.351 e. The zero-order chi connectivity index (χ0) is 9.14. The molecule has 2 nitrogen and oxygen atoms in total. The first kappa shape index (κ1) is 9.55. The molecule has 1 rings (SSSR count). The van der Waals surface area contributed by atoms with E-state index in [0.717, 1.165) is 5.56 Å². The van der Waals surface area contributed by atoms with E-state index in [9.17, 15) is 4.79 Å². The molecule has 0 heterocycles. The van der Waals surface area contributed by atoms with Crippen molar-refractivity contribution in [3.8, 4) is 0 Å². The molecule has 0 unspecified atom stereocenters. The van der Waals surface area contributed by atoms with Crippen LogP contribution in [0.3, 0.4) is 0 Å². The van der Waals surface area contributed by atoms with Crippen LogP contribution in [0.4, 0.5) is 0 Å². The standard InChI is InChI=1S/C8H6BrClO2/c1-5-2-3-7(10)6(4-5)8(11)12-9/h2-4H,1H3. The summed E-state index contributed by atoms with van der Waals surface area (Å²) in [6.07, 6.45) is 0. The van der Waals surface area contributed by atoms with Crippen molar-refractivity contribution >= 4 is 33.8 Å². The van der Waals surface area contributed by atoms with Crippen molar-refractivity contribution in [1.82, 2.24) is 0 Å². The van der Waals surface area contributed by atoms with Crippen LogP contribution in [0.15, 0.2) is 18.2 Å². The SMILES string of the molecule is Cc1ccc(Cl)c(C(=O)OBr)c1. The quantitative estimate of drug-likeness (QED) is 0.764. The van der Waals surface area contributed by atoms with Crippen LogP contribution in [0.2, 0.25) is 5.02 Å². The zero-order valence-corrected chi connectivity index (χ0v) is 8.65. The van der Waals surface area contributed by atoms with Gasteiger partial charge in [-0.05, 0) is 19.1 Å². The number of benzene rings is 1. The van der Waals surface area contributed by atoms with Crippen molar-refractivity contribution < 1.29 is 8.62 Å². The van der Waals surface area contributed by atoms with Gasteiger partial charge in [0.1, 0.15) is 0 Å². The van der Waals surface area contributed by atoms with Crippen molar-refractivity contribution in [3.05, 3.63) is 34.3 Å². The number of halogens is 2. The number of carbonyl (C=O) groups excluding carboxylic acids is 1. The Hall–Kier alpha value is -0.540. The van der Waals surface area contributed by atoms with Crippen molar-refractivity contribution in [3.63, 3.8) is 0 Å². The summed E-state index contributed by atoms with van der Waals surface area (Å²) < 4.78 is 4.36. The molecule has 0 aliphatic heterocycles. The Bertz CT molecular complexity index is 312. The van der Waals surface area contributed by atoms with Crippen LogP contribution < -0.4 is 0 Å². The summed E-state index contributed by atoms with van der Waals surface area (Å²) in [5, 5.41) is 0.394. The Morgan fingerprint density at radius 1 is 1.58 bits per heavy atom. The van der Waals surface area contributed by atoms with Crippen molar-refractivity contribution in [2.24, 2.45) is 0 Å². The minimum Gasteiger partial charge on any atom is -0.380 e. The average Bonchev–Trinajstić information content (AvgIpc) is 2.08. The first-order valence-electron chi connectivity index (χ1n) is 3.24. The molecule has 0 atom stereocenters. The van der Waals surface area contributed by atoms with E-state index in [-0.39, 0.29) is 0 Å². The lowest BCUT2D eigenvalue weighted by atomic mass is 10.1. The van der Waals surface area contributed by atoms with Gasteiger partial charge in [-0.2, -0.15) is 0 Å². The maximum atomic E-state index is 11.0. The first-order chi connectivity index (χ1) is 5.65. The maximum Gasteiger partial charge on any atom is 0.351 e. The Morgan fingerprint density at radius 3 is 2.83 bits per heavy atom. The number of rotatable bonds is 1. The second kappa shape index (κ2) is 3.92. The van der Waals surface area contributed by atoms with Crippen LogP contribution in [0.5, 0.6) is 0 Å². The van der Waals surface area contributed by atoms with E-state index in [0.29, 0.717) is 10.6 Å². The zero-order valence-electron chi connectivity index (χ0n) is 6.30. The molecule has 64 valence electrons. The highest BCUT2D eigenvalue weighted by Crippen LogP contribution is 2.18. The summed E-state index contributed by atoms with van der Waals surface area (Å²) >= 11 is 8.35. The van der Waals surface area contributed by atoms with Crippen molar-refractivity contribution in [1.29, 1.82) is 0 Å². The highest BCUT2D eigenvalue weighted by molar-refractivity contribution is 9.06. The number of carbonyl (C=O) groups is 1. The monoisotopic (exact) mass is 248 g/mol. The number of hydrogen-bond donors (Lipinski definition) is 0. The lowest BCUT2D eigenvalue weighted by molar-refractivity contribution is 0.0782. The highest BCUT2D eigenvalue weighted by atomic mass is 79.9. The lowest BCUT2D eigenvalue weighted by Crippen LogP contribution is -1.98. The van der Waals surface area contributed by atoms with E-state index < -0.39 is 5.97 Å². The fourth-order valence-corrected chi connectivity index (χ4v) is 1.21. The summed E-state index contributed by atoms with van der Waals surface area (Å²) in [7, 11) is 0. The van der Waals surface area contributed by atoms with Crippen LogP contribution in [0, 0.1) is 6.92 Å². The summed E-state index contributed by atoms with van der Waals surface area (Å²) in [5.41, 5.74) is 1.33. The van der Waals surface area contributed by atoms with Gasteiger partial charge in [0, 0.05) is 0 Å². The van der Waals surface area contributed by atoms with Crippen molar-refractivity contribution in [2.45, 2.75) is 6.92 Å². The predicted octanol–water partition coefficient (Wildman–Crippen LogP) is 3.12. The molecule has 12 heavy (non-hydrogen) atoms. The van der Waals surface area contributed by atoms with Gasteiger partial charge in [0.15, 0.2) is 16.3 Å². The Kier molecular flexibility index (Phi) is 3.12. The molecule has 0 N–H and O–H groups in total. The lowest BCUT2D eigenvalue weighted by Gasteiger charge is -2.00. The van der Waals surface area contributed by atoms with Crippen LogP contribution >= 0.6 is 27.9 Å². The topological polar surface area (TPSA) is 26.3 Å². The molecule has 0 aliphatic carbocycles. The van der Waals surface area contributed by atoms with Crippen LogP contribution in [0.25, 0.3) is 0 Å². The summed E-state index contributed by atoms with van der Waals surface area (Å²) in [6.45, 7) is 1.88. The molecule has 0 saturated carbocycles. The molecule has 0 fully saturated rings. The maximum absolute atomic E-state index is 11.0. The average molecular weight is 249 g/mol. The van der Waals surface area contributed by atoms with Gasteiger partial charge in [-0.15, -0.1) is 0 Å². The second-order valence-electron chi connectivity index (χ2n) is 2.35. The van der Waals surface area contributed by atoms with Gasteiger partial charge in [-0.25, -0.2) is 4.79 Å². The number of aryl methyl sites for hydroxylation is 1. The summed E-state index contributed by atoms with van der Waals surface area (Å²) in [5.74, 6) is -0.483. The second-order valence-corrected chi connectivity index (χ2v) is 3.08. The Morgan fingerprint density at radius 2 is 2.25 bits per heavy atom. The summed E-state index contributed by atoms with van der Waals surface area (Å²) in [6, 6.07) is 5.16. The van der Waals surface area contributed by atoms with Crippen LogP contribution in [-0.2, 0) is 3.83 Å².